The van der Waals surface area contributed by atoms with Crippen LogP contribution >= 0.6 is 0 Å². The van der Waals surface area contributed by atoms with Crippen molar-refractivity contribution >= 4 is 15.7 Å². The summed E-state index contributed by atoms with van der Waals surface area (Å²) < 4.78 is 26.3. The summed E-state index contributed by atoms with van der Waals surface area (Å²) in [6.45, 7) is 1.60. The van der Waals surface area contributed by atoms with Gasteiger partial charge >= 0.3 is 0 Å². The molecule has 0 spiro atoms. The van der Waals surface area contributed by atoms with E-state index in [0.717, 1.165) is 0 Å². The minimum absolute atomic E-state index is 0.169. The zero-order valence-corrected chi connectivity index (χ0v) is 12.2. The lowest BCUT2D eigenvalue weighted by molar-refractivity contribution is 0.199. The molecule has 2 aromatic carbocycles. The maximum atomic E-state index is 12.6. The van der Waals surface area contributed by atoms with Crippen LogP contribution in [0.25, 0.3) is 0 Å². The Bertz CT molecular complexity index is 681. The third-order valence-corrected chi connectivity index (χ3v) is 4.90. The number of aliphatic hydroxyl groups is 1. The molecule has 0 aliphatic rings. The molecule has 0 aliphatic heterocycles. The van der Waals surface area contributed by atoms with Gasteiger partial charge in [-0.1, -0.05) is 30.3 Å². The lowest BCUT2D eigenvalue weighted by Gasteiger charge is -2.20. The van der Waals surface area contributed by atoms with Gasteiger partial charge in [0.15, 0.2) is 0 Å². The maximum Gasteiger partial charge on any atom is 0.264 e. The number of benzene rings is 2. The van der Waals surface area contributed by atoms with Crippen LogP contribution in [0, 0.1) is 0 Å². The average molecular weight is 291 g/mol. The van der Waals surface area contributed by atoms with Crippen LogP contribution < -0.4 is 4.31 Å². The molecule has 0 aliphatic carbocycles. The monoisotopic (exact) mass is 291 g/mol. The van der Waals surface area contributed by atoms with E-state index < -0.39 is 16.1 Å². The molecule has 0 amide bonds. The van der Waals surface area contributed by atoms with Gasteiger partial charge in [-0.2, -0.15) is 0 Å². The Morgan fingerprint density at radius 3 is 2.30 bits per heavy atom. The Balaban J connectivity index is 2.43. The van der Waals surface area contributed by atoms with Crippen LogP contribution in [0.15, 0.2) is 59.5 Å². The second-order valence-electron chi connectivity index (χ2n) is 4.56. The van der Waals surface area contributed by atoms with Crippen molar-refractivity contribution in [2.75, 3.05) is 11.4 Å². The zero-order chi connectivity index (χ0) is 14.8. The topological polar surface area (TPSA) is 57.6 Å². The lowest BCUT2D eigenvalue weighted by Crippen LogP contribution is -2.26. The number of hydrogen-bond acceptors (Lipinski definition) is 3. The summed E-state index contributed by atoms with van der Waals surface area (Å²) >= 11 is 0. The molecule has 2 rings (SSSR count). The van der Waals surface area contributed by atoms with Gasteiger partial charge < -0.3 is 5.11 Å². The van der Waals surface area contributed by atoms with Gasteiger partial charge in [-0.05, 0) is 36.8 Å². The van der Waals surface area contributed by atoms with Gasteiger partial charge in [0.1, 0.15) is 0 Å². The molecule has 5 heteroatoms. The number of sulfonamides is 1. The molecule has 1 N–H and O–H groups in total. The number of para-hydroxylation sites is 1. The van der Waals surface area contributed by atoms with Crippen LogP contribution in [0.5, 0.6) is 0 Å². The first kappa shape index (κ1) is 14.6. The fourth-order valence-corrected chi connectivity index (χ4v) is 3.12. The fourth-order valence-electron chi connectivity index (χ4n) is 1.87. The van der Waals surface area contributed by atoms with Crippen molar-refractivity contribution in [3.63, 3.8) is 0 Å². The predicted octanol–water partition coefficient (Wildman–Crippen LogP) is 2.57. The van der Waals surface area contributed by atoms with E-state index in [1.807, 2.05) is 6.07 Å². The number of aliphatic hydroxyl groups excluding tert-OH is 1. The molecule has 0 saturated carbocycles. The molecule has 0 bridgehead atoms. The number of rotatable bonds is 4. The highest BCUT2D eigenvalue weighted by Gasteiger charge is 2.21. The van der Waals surface area contributed by atoms with Crippen LogP contribution in [-0.4, -0.2) is 20.6 Å². The summed E-state index contributed by atoms with van der Waals surface area (Å²) in [7, 11) is -2.11. The van der Waals surface area contributed by atoms with Gasteiger partial charge in [-0.3, -0.25) is 4.31 Å². The zero-order valence-electron chi connectivity index (χ0n) is 11.4. The van der Waals surface area contributed by atoms with Gasteiger partial charge in [0.25, 0.3) is 10.0 Å². The third-order valence-electron chi connectivity index (χ3n) is 3.12. The summed E-state index contributed by atoms with van der Waals surface area (Å²) in [6, 6.07) is 15.2. The first-order chi connectivity index (χ1) is 9.43. The second kappa shape index (κ2) is 5.64. The van der Waals surface area contributed by atoms with Crippen LogP contribution in [0.2, 0.25) is 0 Å². The molecule has 0 heterocycles. The molecule has 1 atom stereocenters. The van der Waals surface area contributed by atoms with Gasteiger partial charge in [0.05, 0.1) is 16.7 Å². The minimum atomic E-state index is -3.63. The van der Waals surface area contributed by atoms with Crippen LogP contribution in [0.3, 0.4) is 0 Å². The Morgan fingerprint density at radius 2 is 1.70 bits per heavy atom. The summed E-state index contributed by atoms with van der Waals surface area (Å²) in [4.78, 5) is 0.169. The summed E-state index contributed by atoms with van der Waals surface area (Å²) in [5.41, 5.74) is 1.17. The summed E-state index contributed by atoms with van der Waals surface area (Å²) in [5, 5.41) is 9.56. The molecule has 0 saturated heterocycles. The van der Waals surface area contributed by atoms with E-state index in [1.54, 1.807) is 43.3 Å². The molecular weight excluding hydrogens is 274 g/mol. The summed E-state index contributed by atoms with van der Waals surface area (Å²) in [5.74, 6) is 0. The Labute approximate surface area is 119 Å². The van der Waals surface area contributed by atoms with Crippen LogP contribution in [0.1, 0.15) is 18.6 Å². The first-order valence-corrected chi connectivity index (χ1v) is 7.69. The standard InChI is InChI=1S/C15H17NO3S/c1-12(17)13-7-6-10-15(11-13)20(18,19)16(2)14-8-4-3-5-9-14/h3-12,17H,1-2H3. The highest BCUT2D eigenvalue weighted by Crippen LogP contribution is 2.23. The van der Waals surface area contributed by atoms with E-state index in [4.69, 9.17) is 0 Å². The van der Waals surface area contributed by atoms with Crippen molar-refractivity contribution in [3.8, 4) is 0 Å². The molecule has 20 heavy (non-hydrogen) atoms. The van der Waals surface area contributed by atoms with E-state index in [0.29, 0.717) is 11.3 Å². The van der Waals surface area contributed by atoms with Gasteiger partial charge in [0, 0.05) is 7.05 Å². The number of nitrogens with zero attached hydrogens (tertiary/aromatic N) is 1. The van der Waals surface area contributed by atoms with E-state index in [9.17, 15) is 13.5 Å². The van der Waals surface area contributed by atoms with E-state index in [2.05, 4.69) is 0 Å². The van der Waals surface area contributed by atoms with Crippen molar-refractivity contribution in [1.82, 2.24) is 0 Å². The predicted molar refractivity (Wildman–Crippen MR) is 79.1 cm³/mol. The van der Waals surface area contributed by atoms with Gasteiger partial charge in [-0.15, -0.1) is 0 Å². The molecule has 106 valence electrons. The lowest BCUT2D eigenvalue weighted by atomic mass is 10.1. The molecule has 2 aromatic rings. The maximum absolute atomic E-state index is 12.6. The van der Waals surface area contributed by atoms with Crippen molar-refractivity contribution in [2.24, 2.45) is 0 Å². The SMILES string of the molecule is CC(O)c1cccc(S(=O)(=O)N(C)c2ccccc2)c1. The largest absolute Gasteiger partial charge is 0.389 e. The summed E-state index contributed by atoms with van der Waals surface area (Å²) in [6.07, 6.45) is -0.702. The number of anilines is 1. The minimum Gasteiger partial charge on any atom is -0.389 e. The molecule has 0 fully saturated rings. The number of hydrogen-bond donors (Lipinski definition) is 1. The van der Waals surface area contributed by atoms with Crippen LogP contribution in [-0.2, 0) is 10.0 Å². The molecule has 1 unspecified atom stereocenters. The van der Waals surface area contributed by atoms with Crippen molar-refractivity contribution in [1.29, 1.82) is 0 Å². The Morgan fingerprint density at radius 1 is 1.05 bits per heavy atom. The molecule has 0 radical (unpaired) electrons. The highest BCUT2D eigenvalue weighted by molar-refractivity contribution is 7.92. The second-order valence-corrected chi connectivity index (χ2v) is 6.53. The smallest absolute Gasteiger partial charge is 0.264 e. The van der Waals surface area contributed by atoms with Crippen LogP contribution in [0.4, 0.5) is 5.69 Å². The molecule has 0 aromatic heterocycles. The Hall–Kier alpha value is -1.85. The van der Waals surface area contributed by atoms with Gasteiger partial charge in [-0.25, -0.2) is 8.42 Å². The molecular formula is C15H17NO3S. The molecule has 4 nitrogen and oxygen atoms in total. The Kier molecular flexibility index (Phi) is 4.11. The first-order valence-electron chi connectivity index (χ1n) is 6.25. The van der Waals surface area contributed by atoms with E-state index >= 15 is 0 Å². The van der Waals surface area contributed by atoms with E-state index in [1.165, 1.54) is 23.5 Å². The fraction of sp³-hybridized carbons (Fsp3) is 0.200. The normalized spacial score (nSPS) is 12.9. The van der Waals surface area contributed by atoms with Crippen molar-refractivity contribution < 1.29 is 13.5 Å². The quantitative estimate of drug-likeness (QED) is 0.942. The van der Waals surface area contributed by atoms with Gasteiger partial charge in [0.2, 0.25) is 0 Å². The van der Waals surface area contributed by atoms with E-state index in [-0.39, 0.29) is 4.90 Å². The van der Waals surface area contributed by atoms with Crippen molar-refractivity contribution in [3.05, 3.63) is 60.2 Å². The van der Waals surface area contributed by atoms with Crippen molar-refractivity contribution in [2.45, 2.75) is 17.9 Å². The average Bonchev–Trinajstić information content (AvgIpc) is 2.47. The highest BCUT2D eigenvalue weighted by atomic mass is 32.2. The third kappa shape index (κ3) is 2.84.